The highest BCUT2D eigenvalue weighted by molar-refractivity contribution is 9.10. The number of nitrogens with two attached hydrogens (primary N) is 1. The average molecular weight is 261 g/mol. The van der Waals surface area contributed by atoms with Crippen molar-refractivity contribution in [1.29, 1.82) is 0 Å². The molecule has 0 bridgehead atoms. The van der Waals surface area contributed by atoms with Crippen molar-refractivity contribution in [2.75, 3.05) is 5.73 Å². The first-order valence-corrected chi connectivity index (χ1v) is 5.50. The van der Waals surface area contributed by atoms with Gasteiger partial charge in [0, 0.05) is 32.0 Å². The van der Waals surface area contributed by atoms with Gasteiger partial charge in [-0.3, -0.25) is 0 Å². The molecule has 0 atom stereocenters. The lowest BCUT2D eigenvalue weighted by atomic mass is 10.1. The summed E-state index contributed by atoms with van der Waals surface area (Å²) in [5.74, 6) is 0. The first-order chi connectivity index (χ1) is 7.25. The van der Waals surface area contributed by atoms with E-state index < -0.39 is 0 Å². The third kappa shape index (κ3) is 1.23. The van der Waals surface area contributed by atoms with Crippen LogP contribution in [0.15, 0.2) is 40.9 Å². The van der Waals surface area contributed by atoms with Crippen LogP contribution in [-0.4, -0.2) is 4.98 Å². The maximum Gasteiger partial charge on any atom is 0.0485 e. The van der Waals surface area contributed by atoms with Gasteiger partial charge in [-0.25, -0.2) is 0 Å². The summed E-state index contributed by atoms with van der Waals surface area (Å²) in [4.78, 5) is 3.35. The number of rotatable bonds is 0. The van der Waals surface area contributed by atoms with Crippen molar-refractivity contribution in [3.63, 3.8) is 0 Å². The Morgan fingerprint density at radius 3 is 2.80 bits per heavy atom. The molecule has 74 valence electrons. The Morgan fingerprint density at radius 1 is 1.07 bits per heavy atom. The largest absolute Gasteiger partial charge is 0.399 e. The SMILES string of the molecule is Nc1ccc2c(c1)[nH]c1cccc(Br)c12. The molecule has 0 aliphatic carbocycles. The molecule has 0 unspecified atom stereocenters. The number of aromatic amines is 1. The predicted octanol–water partition coefficient (Wildman–Crippen LogP) is 3.67. The first kappa shape index (κ1) is 8.80. The fraction of sp³-hybridized carbons (Fsp3) is 0. The fourth-order valence-corrected chi connectivity index (χ4v) is 2.51. The van der Waals surface area contributed by atoms with Crippen LogP contribution in [0.5, 0.6) is 0 Å². The number of nitrogen functional groups attached to an aromatic ring is 1. The summed E-state index contributed by atoms with van der Waals surface area (Å²) in [7, 11) is 0. The van der Waals surface area contributed by atoms with Gasteiger partial charge < -0.3 is 10.7 Å². The second kappa shape index (κ2) is 3.00. The topological polar surface area (TPSA) is 41.8 Å². The lowest BCUT2D eigenvalue weighted by molar-refractivity contribution is 1.54. The van der Waals surface area contributed by atoms with Gasteiger partial charge in [-0.1, -0.05) is 28.1 Å². The van der Waals surface area contributed by atoms with Gasteiger partial charge in [-0.05, 0) is 24.3 Å². The van der Waals surface area contributed by atoms with E-state index in [0.717, 1.165) is 21.2 Å². The summed E-state index contributed by atoms with van der Waals surface area (Å²) in [5, 5.41) is 2.42. The molecule has 0 saturated carbocycles. The average Bonchev–Trinajstić information content (AvgIpc) is 2.56. The molecule has 0 saturated heterocycles. The number of H-pyrrole nitrogens is 1. The van der Waals surface area contributed by atoms with E-state index in [9.17, 15) is 0 Å². The Bertz CT molecular complexity index is 655. The Hall–Kier alpha value is -1.48. The van der Waals surface area contributed by atoms with Gasteiger partial charge in [-0.15, -0.1) is 0 Å². The van der Waals surface area contributed by atoms with Gasteiger partial charge in [-0.2, -0.15) is 0 Å². The summed E-state index contributed by atoms with van der Waals surface area (Å²) in [6.07, 6.45) is 0. The minimum atomic E-state index is 0.783. The standard InChI is InChI=1S/C12H9BrN2/c13-9-2-1-3-10-12(9)8-5-4-7(14)6-11(8)15-10/h1-6,15H,14H2. The van der Waals surface area contributed by atoms with Gasteiger partial charge in [0.15, 0.2) is 0 Å². The van der Waals surface area contributed by atoms with Crippen LogP contribution in [-0.2, 0) is 0 Å². The monoisotopic (exact) mass is 260 g/mol. The maximum absolute atomic E-state index is 5.75. The second-order valence-electron chi connectivity index (χ2n) is 3.59. The molecule has 3 aromatic rings. The highest BCUT2D eigenvalue weighted by Gasteiger charge is 2.06. The molecule has 2 aromatic carbocycles. The zero-order valence-corrected chi connectivity index (χ0v) is 9.51. The molecule has 0 aliphatic rings. The quantitative estimate of drug-likeness (QED) is 0.596. The normalized spacial score (nSPS) is 11.3. The van der Waals surface area contributed by atoms with Crippen molar-refractivity contribution < 1.29 is 0 Å². The predicted molar refractivity (Wildman–Crippen MR) is 67.9 cm³/mol. The van der Waals surface area contributed by atoms with E-state index in [0.29, 0.717) is 0 Å². The number of fused-ring (bicyclic) bond motifs is 3. The molecule has 3 heteroatoms. The van der Waals surface area contributed by atoms with E-state index in [1.807, 2.05) is 30.3 Å². The first-order valence-electron chi connectivity index (χ1n) is 4.71. The van der Waals surface area contributed by atoms with Crippen molar-refractivity contribution >= 4 is 43.4 Å². The zero-order valence-electron chi connectivity index (χ0n) is 7.92. The lowest BCUT2D eigenvalue weighted by Crippen LogP contribution is -1.82. The zero-order chi connectivity index (χ0) is 10.4. The Labute approximate surface area is 95.2 Å². The van der Waals surface area contributed by atoms with Crippen molar-refractivity contribution in [3.8, 4) is 0 Å². The fourth-order valence-electron chi connectivity index (χ4n) is 1.93. The minimum Gasteiger partial charge on any atom is -0.399 e. The van der Waals surface area contributed by atoms with Gasteiger partial charge in [0.1, 0.15) is 0 Å². The molecule has 3 N–H and O–H groups in total. The highest BCUT2D eigenvalue weighted by atomic mass is 79.9. The molecule has 0 spiro atoms. The summed E-state index contributed by atoms with van der Waals surface area (Å²) in [5.41, 5.74) is 8.74. The molecule has 1 aromatic heterocycles. The number of benzene rings is 2. The van der Waals surface area contributed by atoms with E-state index >= 15 is 0 Å². The van der Waals surface area contributed by atoms with Gasteiger partial charge in [0.2, 0.25) is 0 Å². The third-order valence-corrected chi connectivity index (χ3v) is 3.26. The second-order valence-corrected chi connectivity index (χ2v) is 4.45. The van der Waals surface area contributed by atoms with Crippen LogP contribution in [0.2, 0.25) is 0 Å². The van der Waals surface area contributed by atoms with E-state index in [-0.39, 0.29) is 0 Å². The number of nitrogens with one attached hydrogen (secondary N) is 1. The van der Waals surface area contributed by atoms with E-state index in [1.54, 1.807) is 0 Å². The molecule has 1 heterocycles. The molecule has 0 aliphatic heterocycles. The number of aromatic nitrogens is 1. The number of halogens is 1. The van der Waals surface area contributed by atoms with E-state index in [4.69, 9.17) is 5.73 Å². The smallest absolute Gasteiger partial charge is 0.0485 e. The molecular formula is C12H9BrN2. The van der Waals surface area contributed by atoms with Crippen molar-refractivity contribution in [1.82, 2.24) is 4.98 Å². The van der Waals surface area contributed by atoms with Crippen LogP contribution < -0.4 is 5.73 Å². The van der Waals surface area contributed by atoms with Crippen LogP contribution in [0, 0.1) is 0 Å². The molecule has 0 radical (unpaired) electrons. The highest BCUT2D eigenvalue weighted by Crippen LogP contribution is 2.32. The van der Waals surface area contributed by atoms with E-state index in [1.165, 1.54) is 10.8 Å². The molecule has 0 fully saturated rings. The summed E-state index contributed by atoms with van der Waals surface area (Å²) in [6.45, 7) is 0. The van der Waals surface area contributed by atoms with Crippen LogP contribution in [0.1, 0.15) is 0 Å². The van der Waals surface area contributed by atoms with Gasteiger partial charge in [0.05, 0.1) is 0 Å². The Morgan fingerprint density at radius 2 is 1.93 bits per heavy atom. The number of hydrogen-bond donors (Lipinski definition) is 2. The van der Waals surface area contributed by atoms with Gasteiger partial charge >= 0.3 is 0 Å². The molecule has 15 heavy (non-hydrogen) atoms. The maximum atomic E-state index is 5.75. The Balaban J connectivity index is 2.59. The Kier molecular flexibility index (Phi) is 1.76. The third-order valence-electron chi connectivity index (χ3n) is 2.60. The number of anilines is 1. The molecular weight excluding hydrogens is 252 g/mol. The number of hydrogen-bond acceptors (Lipinski definition) is 1. The minimum absolute atomic E-state index is 0.783. The van der Waals surface area contributed by atoms with Gasteiger partial charge in [0.25, 0.3) is 0 Å². The molecule has 2 nitrogen and oxygen atoms in total. The summed E-state index contributed by atoms with van der Waals surface area (Å²) in [6, 6.07) is 12.1. The lowest BCUT2D eigenvalue weighted by Gasteiger charge is -1.95. The van der Waals surface area contributed by atoms with Crippen LogP contribution in [0.3, 0.4) is 0 Å². The summed E-state index contributed by atoms with van der Waals surface area (Å²) >= 11 is 3.56. The van der Waals surface area contributed by atoms with Crippen molar-refractivity contribution in [3.05, 3.63) is 40.9 Å². The molecule has 3 rings (SSSR count). The van der Waals surface area contributed by atoms with Crippen LogP contribution in [0.4, 0.5) is 5.69 Å². The summed E-state index contributed by atoms with van der Waals surface area (Å²) < 4.78 is 1.11. The van der Waals surface area contributed by atoms with Crippen LogP contribution >= 0.6 is 15.9 Å². The molecule has 0 amide bonds. The van der Waals surface area contributed by atoms with Crippen LogP contribution in [0.25, 0.3) is 21.8 Å². The van der Waals surface area contributed by atoms with Crippen molar-refractivity contribution in [2.24, 2.45) is 0 Å². The van der Waals surface area contributed by atoms with Crippen molar-refractivity contribution in [2.45, 2.75) is 0 Å². The van der Waals surface area contributed by atoms with E-state index in [2.05, 4.69) is 27.0 Å².